The van der Waals surface area contributed by atoms with Gasteiger partial charge in [0.25, 0.3) is 5.56 Å². The molecule has 0 saturated heterocycles. The summed E-state index contributed by atoms with van der Waals surface area (Å²) in [6.45, 7) is 2.66. The summed E-state index contributed by atoms with van der Waals surface area (Å²) in [4.78, 5) is 44.4. The first-order valence-electron chi connectivity index (χ1n) is 6.38. The third-order valence-corrected chi connectivity index (χ3v) is 2.70. The molecule has 0 aromatic carbocycles. The molecule has 0 atom stereocenters. The average molecular weight is 309 g/mol. The van der Waals surface area contributed by atoms with Crippen LogP contribution < -0.4 is 11.3 Å². The Morgan fingerprint density at radius 2 is 2.00 bits per heavy atom. The molecule has 2 rings (SSSR count). The molecule has 3 N–H and O–H groups in total. The summed E-state index contributed by atoms with van der Waals surface area (Å²) in [5.74, 6) is -0.823. The minimum Gasteiger partial charge on any atom is -0.463 e. The number of ketones is 1. The molecule has 0 radical (unpaired) electrons. The highest BCUT2D eigenvalue weighted by Crippen LogP contribution is 2.12. The number of ether oxygens (including phenoxy) is 2. The number of fused-ring (bicyclic) bond motifs is 1. The van der Waals surface area contributed by atoms with Crippen molar-refractivity contribution in [2.24, 2.45) is 0 Å². The fourth-order valence-electron chi connectivity index (χ4n) is 1.85. The number of nitrogens with zero attached hydrogens (tertiary/aromatic N) is 3. The Morgan fingerprint density at radius 3 is 2.64 bits per heavy atom. The molecule has 0 amide bonds. The van der Waals surface area contributed by atoms with Gasteiger partial charge in [0.1, 0.15) is 13.3 Å². The van der Waals surface area contributed by atoms with Gasteiger partial charge in [-0.25, -0.2) is 4.98 Å². The van der Waals surface area contributed by atoms with Crippen LogP contribution in [0.2, 0.25) is 0 Å². The molecule has 0 fully saturated rings. The van der Waals surface area contributed by atoms with Gasteiger partial charge < -0.3 is 15.2 Å². The molecule has 0 aliphatic rings. The number of carbonyl (C=O) groups is 2. The summed E-state index contributed by atoms with van der Waals surface area (Å²) in [5.41, 5.74) is 5.08. The van der Waals surface area contributed by atoms with Gasteiger partial charge in [-0.15, -0.1) is 0 Å². The van der Waals surface area contributed by atoms with Crippen molar-refractivity contribution in [1.82, 2.24) is 19.5 Å². The van der Waals surface area contributed by atoms with Gasteiger partial charge in [0.2, 0.25) is 5.95 Å². The van der Waals surface area contributed by atoms with Gasteiger partial charge in [0.05, 0.1) is 6.61 Å². The fraction of sp³-hybridized carbons (Fsp3) is 0.417. The number of nitrogen functional groups attached to an aromatic ring is 1. The predicted octanol–water partition coefficient (Wildman–Crippen LogP) is -0.558. The summed E-state index contributed by atoms with van der Waals surface area (Å²) in [6.07, 6.45) is 0. The van der Waals surface area contributed by atoms with Gasteiger partial charge in [-0.05, 0) is 0 Å². The van der Waals surface area contributed by atoms with Crippen molar-refractivity contribution in [2.75, 3.05) is 18.9 Å². The first-order valence-corrected chi connectivity index (χ1v) is 6.38. The molecular weight excluding hydrogens is 294 g/mol. The Labute approximate surface area is 124 Å². The number of hydrogen-bond acceptors (Lipinski definition) is 8. The van der Waals surface area contributed by atoms with Gasteiger partial charge in [-0.2, -0.15) is 4.98 Å². The maximum Gasteiger partial charge on any atom is 0.302 e. The third-order valence-electron chi connectivity index (χ3n) is 2.70. The van der Waals surface area contributed by atoms with Crippen LogP contribution in [0.3, 0.4) is 0 Å². The normalized spacial score (nSPS) is 10.8. The van der Waals surface area contributed by atoms with Crippen LogP contribution in [-0.4, -0.2) is 44.5 Å². The van der Waals surface area contributed by atoms with Gasteiger partial charge in [0, 0.05) is 13.8 Å². The zero-order chi connectivity index (χ0) is 16.3. The lowest BCUT2D eigenvalue weighted by atomic mass is 10.4. The Balaban J connectivity index is 2.26. The van der Waals surface area contributed by atoms with E-state index in [4.69, 9.17) is 15.2 Å². The number of rotatable bonds is 6. The molecule has 10 nitrogen and oxygen atoms in total. The second kappa shape index (κ2) is 6.35. The molecule has 0 bridgehead atoms. The van der Waals surface area contributed by atoms with Crippen molar-refractivity contribution in [3.63, 3.8) is 0 Å². The topological polar surface area (TPSA) is 142 Å². The minimum absolute atomic E-state index is 0.0334. The van der Waals surface area contributed by atoms with Crippen LogP contribution in [0.4, 0.5) is 5.95 Å². The highest BCUT2D eigenvalue weighted by atomic mass is 16.6. The van der Waals surface area contributed by atoms with Crippen molar-refractivity contribution in [3.8, 4) is 0 Å². The van der Waals surface area contributed by atoms with Crippen LogP contribution in [0, 0.1) is 0 Å². The smallest absolute Gasteiger partial charge is 0.302 e. The van der Waals surface area contributed by atoms with E-state index in [0.29, 0.717) is 0 Å². The number of nitrogens with one attached hydrogen (secondary N) is 1. The maximum absolute atomic E-state index is 12.0. The van der Waals surface area contributed by atoms with Crippen LogP contribution in [0.25, 0.3) is 11.2 Å². The third kappa shape index (κ3) is 3.28. The Kier molecular flexibility index (Phi) is 4.51. The molecule has 0 spiro atoms. The van der Waals surface area contributed by atoms with E-state index in [2.05, 4.69) is 15.0 Å². The number of aromatic amines is 1. The first kappa shape index (κ1) is 15.6. The predicted molar refractivity (Wildman–Crippen MR) is 75.2 cm³/mol. The number of aromatic nitrogens is 4. The van der Waals surface area contributed by atoms with E-state index in [0.717, 1.165) is 0 Å². The van der Waals surface area contributed by atoms with Gasteiger partial charge in [-0.3, -0.25) is 23.9 Å². The number of imidazole rings is 1. The van der Waals surface area contributed by atoms with Gasteiger partial charge in [0.15, 0.2) is 22.8 Å². The summed E-state index contributed by atoms with van der Waals surface area (Å²) >= 11 is 0. The van der Waals surface area contributed by atoms with Gasteiger partial charge >= 0.3 is 5.97 Å². The molecule has 118 valence electrons. The van der Waals surface area contributed by atoms with E-state index in [-0.39, 0.29) is 48.7 Å². The van der Waals surface area contributed by atoms with Crippen molar-refractivity contribution >= 4 is 28.9 Å². The Morgan fingerprint density at radius 1 is 1.27 bits per heavy atom. The van der Waals surface area contributed by atoms with Crippen LogP contribution in [0.5, 0.6) is 0 Å². The Hall–Kier alpha value is -2.75. The molecule has 0 unspecified atom stereocenters. The van der Waals surface area contributed by atoms with Crippen molar-refractivity contribution in [1.29, 1.82) is 0 Å². The molecule has 0 saturated carbocycles. The van der Waals surface area contributed by atoms with E-state index < -0.39 is 11.5 Å². The van der Waals surface area contributed by atoms with Crippen molar-refractivity contribution in [2.45, 2.75) is 20.6 Å². The molecule has 10 heteroatoms. The number of esters is 1. The van der Waals surface area contributed by atoms with E-state index in [9.17, 15) is 14.4 Å². The molecule has 22 heavy (non-hydrogen) atoms. The maximum atomic E-state index is 12.0. The average Bonchev–Trinajstić information content (AvgIpc) is 2.77. The molecule has 2 aromatic heterocycles. The lowest BCUT2D eigenvalue weighted by molar-refractivity contribution is -0.142. The number of anilines is 1. The summed E-state index contributed by atoms with van der Waals surface area (Å²) in [6, 6.07) is 0. The summed E-state index contributed by atoms with van der Waals surface area (Å²) in [7, 11) is 0. The van der Waals surface area contributed by atoms with Crippen molar-refractivity contribution < 1.29 is 19.1 Å². The molecule has 0 aliphatic carbocycles. The van der Waals surface area contributed by atoms with Crippen molar-refractivity contribution in [3.05, 3.63) is 16.2 Å². The summed E-state index contributed by atoms with van der Waals surface area (Å²) < 4.78 is 11.3. The lowest BCUT2D eigenvalue weighted by Gasteiger charge is -2.08. The highest BCUT2D eigenvalue weighted by Gasteiger charge is 2.18. The number of H-pyrrole nitrogens is 1. The van der Waals surface area contributed by atoms with E-state index in [1.54, 1.807) is 0 Å². The minimum atomic E-state index is -0.522. The number of hydrogen-bond donors (Lipinski definition) is 2. The molecular formula is C12H15N5O5. The molecule has 2 aromatic rings. The van der Waals surface area contributed by atoms with Gasteiger partial charge in [-0.1, -0.05) is 0 Å². The Bertz CT molecular complexity index is 778. The van der Waals surface area contributed by atoms with Crippen LogP contribution in [-0.2, 0) is 21.0 Å². The molecule has 2 heterocycles. The van der Waals surface area contributed by atoms with Crippen LogP contribution in [0.15, 0.2) is 4.79 Å². The highest BCUT2D eigenvalue weighted by molar-refractivity contribution is 5.94. The van der Waals surface area contributed by atoms with E-state index in [1.807, 2.05) is 0 Å². The monoisotopic (exact) mass is 309 g/mol. The van der Waals surface area contributed by atoms with Crippen LogP contribution in [0.1, 0.15) is 24.5 Å². The zero-order valence-corrected chi connectivity index (χ0v) is 12.1. The standard InChI is InChI=1S/C12H15N5O5/c1-6(18)10-14-9-8(11(20)16-12(13)15-9)17(10)5-21-3-4-22-7(2)19/h3-5H2,1-2H3,(H3,13,15,16,20). The second-order valence-corrected chi connectivity index (χ2v) is 4.42. The SMILES string of the molecule is CC(=O)OCCOCn1c(C(C)=O)nc2nc(N)[nH]c(=O)c21. The zero-order valence-electron chi connectivity index (χ0n) is 12.1. The first-order chi connectivity index (χ1) is 10.4. The second-order valence-electron chi connectivity index (χ2n) is 4.42. The van der Waals surface area contributed by atoms with Crippen LogP contribution >= 0.6 is 0 Å². The molecule has 0 aliphatic heterocycles. The lowest BCUT2D eigenvalue weighted by Crippen LogP contribution is -2.18. The fourth-order valence-corrected chi connectivity index (χ4v) is 1.85. The number of Topliss-reactive ketones (excluding diaryl/α,β-unsaturated/α-hetero) is 1. The summed E-state index contributed by atoms with van der Waals surface area (Å²) in [5, 5.41) is 0. The van der Waals surface area contributed by atoms with E-state index in [1.165, 1.54) is 18.4 Å². The largest absolute Gasteiger partial charge is 0.463 e. The quantitative estimate of drug-likeness (QED) is 0.411. The number of carbonyl (C=O) groups excluding carboxylic acids is 2. The van der Waals surface area contributed by atoms with E-state index >= 15 is 0 Å². The number of nitrogens with two attached hydrogens (primary N) is 1.